The molecule has 0 aliphatic rings. The van der Waals surface area contributed by atoms with Gasteiger partial charge in [-0.05, 0) is 29.7 Å². The standard InChI is InChI=1S/C24H23N3O3S/c1-3-17-8-4-7-11-22(17)27(16(2)28)24-26-19(15-31-24)14-30-23(29)12-18-13-25-21-10-6-5-9-20(18)21/h4-11,13,15,25H,3,12,14H2,1-2H3. The fourth-order valence-corrected chi connectivity index (χ4v) is 4.40. The summed E-state index contributed by atoms with van der Waals surface area (Å²) in [5.74, 6) is -0.433. The molecule has 4 aromatic rings. The average Bonchev–Trinajstić information content (AvgIpc) is 3.40. The number of hydrogen-bond acceptors (Lipinski definition) is 5. The van der Waals surface area contributed by atoms with Crippen LogP contribution < -0.4 is 4.90 Å². The molecule has 2 heterocycles. The van der Waals surface area contributed by atoms with Gasteiger partial charge in [0.15, 0.2) is 5.13 Å². The summed E-state index contributed by atoms with van der Waals surface area (Å²) in [6.45, 7) is 3.64. The number of aryl methyl sites for hydroxylation is 1. The first kappa shape index (κ1) is 20.8. The smallest absolute Gasteiger partial charge is 0.310 e. The molecular formula is C24H23N3O3S. The van der Waals surface area contributed by atoms with Crippen LogP contribution in [-0.4, -0.2) is 21.8 Å². The lowest BCUT2D eigenvalue weighted by molar-refractivity contribution is -0.144. The van der Waals surface area contributed by atoms with Gasteiger partial charge in [0.25, 0.3) is 0 Å². The van der Waals surface area contributed by atoms with Gasteiger partial charge in [-0.2, -0.15) is 0 Å². The Morgan fingerprint density at radius 1 is 1.10 bits per heavy atom. The van der Waals surface area contributed by atoms with E-state index in [0.717, 1.165) is 34.1 Å². The maximum atomic E-state index is 12.4. The Hall–Kier alpha value is -3.45. The van der Waals surface area contributed by atoms with Gasteiger partial charge in [-0.1, -0.05) is 43.3 Å². The van der Waals surface area contributed by atoms with Crippen molar-refractivity contribution in [2.45, 2.75) is 33.3 Å². The van der Waals surface area contributed by atoms with Gasteiger partial charge >= 0.3 is 5.97 Å². The average molecular weight is 434 g/mol. The highest BCUT2D eigenvalue weighted by molar-refractivity contribution is 7.14. The highest BCUT2D eigenvalue weighted by atomic mass is 32.1. The molecule has 7 heteroatoms. The topological polar surface area (TPSA) is 75.3 Å². The molecule has 0 aliphatic carbocycles. The number of carbonyl (C=O) groups excluding carboxylic acids is 2. The maximum absolute atomic E-state index is 12.4. The summed E-state index contributed by atoms with van der Waals surface area (Å²) >= 11 is 1.36. The number of amides is 1. The van der Waals surface area contributed by atoms with Crippen molar-refractivity contribution in [1.29, 1.82) is 0 Å². The molecule has 2 aromatic carbocycles. The van der Waals surface area contributed by atoms with Gasteiger partial charge in [-0.25, -0.2) is 4.98 Å². The number of thiazole rings is 1. The first-order valence-electron chi connectivity index (χ1n) is 10.1. The van der Waals surface area contributed by atoms with Crippen molar-refractivity contribution >= 4 is 44.9 Å². The minimum absolute atomic E-state index is 0.0683. The Morgan fingerprint density at radius 3 is 2.68 bits per heavy atom. The number of anilines is 2. The van der Waals surface area contributed by atoms with Crippen molar-refractivity contribution < 1.29 is 14.3 Å². The van der Waals surface area contributed by atoms with E-state index in [1.54, 1.807) is 4.90 Å². The first-order chi connectivity index (χ1) is 15.1. The molecule has 0 spiro atoms. The summed E-state index contributed by atoms with van der Waals surface area (Å²) in [5.41, 5.74) is 4.41. The van der Waals surface area contributed by atoms with Crippen LogP contribution in [0, 0.1) is 0 Å². The minimum Gasteiger partial charge on any atom is -0.459 e. The zero-order valence-electron chi connectivity index (χ0n) is 17.4. The Labute approximate surface area is 184 Å². The number of aromatic nitrogens is 2. The van der Waals surface area contributed by atoms with Gasteiger partial charge in [0.1, 0.15) is 6.61 Å². The largest absolute Gasteiger partial charge is 0.459 e. The van der Waals surface area contributed by atoms with Crippen molar-refractivity contribution in [1.82, 2.24) is 9.97 Å². The van der Waals surface area contributed by atoms with Crippen LogP contribution in [0.4, 0.5) is 10.8 Å². The molecule has 0 atom stereocenters. The molecule has 31 heavy (non-hydrogen) atoms. The van der Waals surface area contributed by atoms with Crippen molar-refractivity contribution in [2.24, 2.45) is 0 Å². The zero-order chi connectivity index (χ0) is 21.8. The molecule has 0 radical (unpaired) electrons. The number of nitrogens with zero attached hydrogens (tertiary/aromatic N) is 2. The second kappa shape index (κ2) is 9.14. The highest BCUT2D eigenvalue weighted by Gasteiger charge is 2.20. The van der Waals surface area contributed by atoms with Crippen molar-refractivity contribution in [3.63, 3.8) is 0 Å². The van der Waals surface area contributed by atoms with E-state index in [4.69, 9.17) is 4.74 Å². The molecule has 0 fully saturated rings. The Morgan fingerprint density at radius 2 is 1.87 bits per heavy atom. The van der Waals surface area contributed by atoms with Crippen LogP contribution in [0.25, 0.3) is 10.9 Å². The Bertz CT molecular complexity index is 1230. The molecule has 0 bridgehead atoms. The van der Waals surface area contributed by atoms with Crippen molar-refractivity contribution in [2.75, 3.05) is 4.90 Å². The molecule has 0 unspecified atom stereocenters. The van der Waals surface area contributed by atoms with Crippen molar-refractivity contribution in [3.8, 4) is 0 Å². The normalized spacial score (nSPS) is 10.9. The monoisotopic (exact) mass is 433 g/mol. The number of carbonyl (C=O) groups is 2. The summed E-state index contributed by atoms with van der Waals surface area (Å²) in [5, 5.41) is 3.40. The lowest BCUT2D eigenvalue weighted by Gasteiger charge is -2.20. The van der Waals surface area contributed by atoms with E-state index in [-0.39, 0.29) is 24.9 Å². The number of hydrogen-bond donors (Lipinski definition) is 1. The summed E-state index contributed by atoms with van der Waals surface area (Å²) in [7, 11) is 0. The molecule has 0 saturated carbocycles. The van der Waals surface area contributed by atoms with Crippen LogP contribution in [0.5, 0.6) is 0 Å². The van der Waals surface area contributed by atoms with E-state index < -0.39 is 0 Å². The Balaban J connectivity index is 1.44. The van der Waals surface area contributed by atoms with Gasteiger partial charge in [-0.15, -0.1) is 11.3 Å². The van der Waals surface area contributed by atoms with Crippen LogP contribution in [0.1, 0.15) is 30.7 Å². The van der Waals surface area contributed by atoms with Gasteiger partial charge < -0.3 is 9.72 Å². The molecular weight excluding hydrogens is 410 g/mol. The van der Waals surface area contributed by atoms with Gasteiger partial charge in [-0.3, -0.25) is 14.5 Å². The third-order valence-corrected chi connectivity index (χ3v) is 5.92. The van der Waals surface area contributed by atoms with E-state index in [9.17, 15) is 9.59 Å². The van der Waals surface area contributed by atoms with Crippen molar-refractivity contribution in [3.05, 3.63) is 76.9 Å². The fourth-order valence-electron chi connectivity index (χ4n) is 3.54. The highest BCUT2D eigenvalue weighted by Crippen LogP contribution is 2.32. The molecule has 6 nitrogen and oxygen atoms in total. The van der Waals surface area contributed by atoms with Gasteiger partial charge in [0.2, 0.25) is 5.91 Å². The number of H-pyrrole nitrogens is 1. The van der Waals surface area contributed by atoms with Crippen LogP contribution in [0.3, 0.4) is 0 Å². The maximum Gasteiger partial charge on any atom is 0.310 e. The first-order valence-corrected chi connectivity index (χ1v) is 11.0. The molecule has 0 saturated heterocycles. The summed E-state index contributed by atoms with van der Waals surface area (Å²) < 4.78 is 5.44. The third-order valence-electron chi connectivity index (χ3n) is 5.05. The van der Waals surface area contributed by atoms with E-state index in [1.165, 1.54) is 18.3 Å². The number of aromatic amines is 1. The number of ether oxygens (including phenoxy) is 1. The number of para-hydroxylation sites is 2. The Kier molecular flexibility index (Phi) is 6.13. The third kappa shape index (κ3) is 4.51. The van der Waals surface area contributed by atoms with Crippen LogP contribution >= 0.6 is 11.3 Å². The van der Waals surface area contributed by atoms with Crippen LogP contribution in [0.2, 0.25) is 0 Å². The fraction of sp³-hybridized carbons (Fsp3) is 0.208. The number of fused-ring (bicyclic) bond motifs is 1. The quantitative estimate of drug-likeness (QED) is 0.409. The molecule has 1 N–H and O–H groups in total. The molecule has 4 rings (SSSR count). The molecule has 0 aliphatic heterocycles. The minimum atomic E-state index is -0.320. The van der Waals surface area contributed by atoms with E-state index >= 15 is 0 Å². The summed E-state index contributed by atoms with van der Waals surface area (Å²) in [6.07, 6.45) is 2.83. The molecule has 2 aromatic heterocycles. The van der Waals surface area contributed by atoms with Gasteiger partial charge in [0, 0.05) is 29.4 Å². The zero-order valence-corrected chi connectivity index (χ0v) is 18.2. The van der Waals surface area contributed by atoms with Crippen LogP contribution in [0.15, 0.2) is 60.1 Å². The number of esters is 1. The lowest BCUT2D eigenvalue weighted by atomic mass is 10.1. The predicted octanol–water partition coefficient (Wildman–Crippen LogP) is 5.16. The summed E-state index contributed by atoms with van der Waals surface area (Å²) in [4.78, 5) is 34.1. The summed E-state index contributed by atoms with van der Waals surface area (Å²) in [6, 6.07) is 15.6. The van der Waals surface area contributed by atoms with Crippen LogP contribution in [-0.2, 0) is 33.8 Å². The second-order valence-corrected chi connectivity index (χ2v) is 7.99. The van der Waals surface area contributed by atoms with E-state index in [1.807, 2.05) is 60.1 Å². The van der Waals surface area contributed by atoms with E-state index in [0.29, 0.717) is 10.8 Å². The molecule has 1 amide bonds. The number of rotatable bonds is 7. The lowest BCUT2D eigenvalue weighted by Crippen LogP contribution is -2.23. The second-order valence-electron chi connectivity index (χ2n) is 7.16. The van der Waals surface area contributed by atoms with E-state index in [2.05, 4.69) is 16.9 Å². The molecule has 158 valence electrons. The number of nitrogens with one attached hydrogen (secondary N) is 1. The van der Waals surface area contributed by atoms with Gasteiger partial charge in [0.05, 0.1) is 17.8 Å². The SMILES string of the molecule is CCc1ccccc1N(C(C)=O)c1nc(COC(=O)Cc2c[nH]c3ccccc23)cs1. The number of benzene rings is 2. The predicted molar refractivity (Wildman–Crippen MR) is 123 cm³/mol.